The Morgan fingerprint density at radius 3 is 2.50 bits per heavy atom. The van der Waals surface area contributed by atoms with E-state index in [1.54, 1.807) is 0 Å². The second kappa shape index (κ2) is 6.04. The molecule has 102 valence electrons. The molecule has 1 saturated heterocycles. The van der Waals surface area contributed by atoms with Gasteiger partial charge in [-0.05, 0) is 32.2 Å². The van der Waals surface area contributed by atoms with E-state index in [9.17, 15) is 5.26 Å². The third-order valence-electron chi connectivity index (χ3n) is 5.06. The SMILES string of the molecule is CCC1CCCC(C#N)(N2CCN(C)CC2)CC1. The minimum absolute atomic E-state index is 0.148. The van der Waals surface area contributed by atoms with E-state index in [4.69, 9.17) is 0 Å². The molecule has 2 atom stereocenters. The van der Waals surface area contributed by atoms with Crippen LogP contribution in [-0.2, 0) is 0 Å². The van der Waals surface area contributed by atoms with Gasteiger partial charge >= 0.3 is 0 Å². The van der Waals surface area contributed by atoms with Gasteiger partial charge in [0.15, 0.2) is 0 Å². The molecule has 2 rings (SSSR count). The lowest BCUT2D eigenvalue weighted by Gasteiger charge is -2.43. The highest BCUT2D eigenvalue weighted by Crippen LogP contribution is 2.36. The molecule has 3 nitrogen and oxygen atoms in total. The Kier molecular flexibility index (Phi) is 4.64. The zero-order valence-electron chi connectivity index (χ0n) is 12.0. The van der Waals surface area contributed by atoms with E-state index < -0.39 is 0 Å². The van der Waals surface area contributed by atoms with Crippen molar-refractivity contribution in [3.63, 3.8) is 0 Å². The van der Waals surface area contributed by atoms with Gasteiger partial charge in [0, 0.05) is 26.2 Å². The van der Waals surface area contributed by atoms with E-state index >= 15 is 0 Å². The molecule has 2 aliphatic rings. The van der Waals surface area contributed by atoms with E-state index in [-0.39, 0.29) is 5.54 Å². The van der Waals surface area contributed by atoms with Gasteiger partial charge in [-0.2, -0.15) is 5.26 Å². The lowest BCUT2D eigenvalue weighted by Crippen LogP contribution is -2.55. The second-order valence-electron chi connectivity index (χ2n) is 6.14. The standard InChI is InChI=1S/C15H27N3/c1-3-14-5-4-7-15(13-16,8-6-14)18-11-9-17(2)10-12-18/h14H,3-12H2,1-2H3. The summed E-state index contributed by atoms with van der Waals surface area (Å²) in [6, 6.07) is 2.69. The first-order chi connectivity index (χ1) is 8.70. The lowest BCUT2D eigenvalue weighted by molar-refractivity contribution is 0.0631. The average molecular weight is 249 g/mol. The highest BCUT2D eigenvalue weighted by atomic mass is 15.3. The Balaban J connectivity index is 2.03. The van der Waals surface area contributed by atoms with Crippen LogP contribution in [-0.4, -0.2) is 48.6 Å². The molecular formula is C15H27N3. The van der Waals surface area contributed by atoms with Gasteiger partial charge in [-0.3, -0.25) is 4.90 Å². The highest BCUT2D eigenvalue weighted by molar-refractivity contribution is 5.10. The van der Waals surface area contributed by atoms with Crippen LogP contribution in [0.15, 0.2) is 0 Å². The van der Waals surface area contributed by atoms with Crippen LogP contribution in [0.1, 0.15) is 45.4 Å². The summed E-state index contributed by atoms with van der Waals surface area (Å²) >= 11 is 0. The van der Waals surface area contributed by atoms with E-state index in [1.165, 1.54) is 25.7 Å². The van der Waals surface area contributed by atoms with Crippen LogP contribution in [0, 0.1) is 17.2 Å². The Hall–Kier alpha value is -0.590. The van der Waals surface area contributed by atoms with Gasteiger partial charge in [-0.25, -0.2) is 0 Å². The maximum atomic E-state index is 9.74. The molecule has 2 fully saturated rings. The van der Waals surface area contributed by atoms with Crippen LogP contribution >= 0.6 is 0 Å². The maximum Gasteiger partial charge on any atom is 0.109 e. The number of hydrogen-bond donors (Lipinski definition) is 0. The van der Waals surface area contributed by atoms with Crippen LogP contribution in [0.2, 0.25) is 0 Å². The van der Waals surface area contributed by atoms with Crippen molar-refractivity contribution in [3.8, 4) is 6.07 Å². The fourth-order valence-electron chi connectivity index (χ4n) is 3.54. The summed E-state index contributed by atoms with van der Waals surface area (Å²) in [6.07, 6.45) is 7.27. The summed E-state index contributed by atoms with van der Waals surface area (Å²) in [5.74, 6) is 0.854. The van der Waals surface area contributed by atoms with Crippen LogP contribution in [0.4, 0.5) is 0 Å². The first-order valence-corrected chi connectivity index (χ1v) is 7.55. The molecule has 18 heavy (non-hydrogen) atoms. The smallest absolute Gasteiger partial charge is 0.109 e. The first kappa shape index (κ1) is 13.8. The minimum atomic E-state index is -0.148. The summed E-state index contributed by atoms with van der Waals surface area (Å²) in [7, 11) is 2.18. The van der Waals surface area contributed by atoms with Crippen molar-refractivity contribution >= 4 is 0 Å². The molecule has 3 heteroatoms. The van der Waals surface area contributed by atoms with Gasteiger partial charge in [0.25, 0.3) is 0 Å². The zero-order chi connectivity index (χ0) is 13.0. The van der Waals surface area contributed by atoms with Crippen LogP contribution < -0.4 is 0 Å². The fraction of sp³-hybridized carbons (Fsp3) is 0.933. The molecule has 0 aromatic carbocycles. The van der Waals surface area contributed by atoms with Crippen molar-refractivity contribution in [2.24, 2.45) is 5.92 Å². The molecule has 0 N–H and O–H groups in total. The molecular weight excluding hydrogens is 222 g/mol. The molecule has 1 aliphatic heterocycles. The van der Waals surface area contributed by atoms with Crippen molar-refractivity contribution in [1.82, 2.24) is 9.80 Å². The van der Waals surface area contributed by atoms with Crippen LogP contribution in [0.5, 0.6) is 0 Å². The maximum absolute atomic E-state index is 9.74. The third kappa shape index (κ3) is 2.87. The van der Waals surface area contributed by atoms with Crippen LogP contribution in [0.25, 0.3) is 0 Å². The van der Waals surface area contributed by atoms with Gasteiger partial charge in [0.05, 0.1) is 6.07 Å². The predicted molar refractivity (Wildman–Crippen MR) is 74.3 cm³/mol. The predicted octanol–water partition coefficient (Wildman–Crippen LogP) is 2.49. The van der Waals surface area contributed by atoms with E-state index in [0.29, 0.717) is 0 Å². The number of piperazine rings is 1. The highest BCUT2D eigenvalue weighted by Gasteiger charge is 2.39. The largest absolute Gasteiger partial charge is 0.304 e. The molecule has 1 saturated carbocycles. The lowest BCUT2D eigenvalue weighted by atomic mass is 9.88. The average Bonchev–Trinajstić information content (AvgIpc) is 2.62. The topological polar surface area (TPSA) is 30.3 Å². The summed E-state index contributed by atoms with van der Waals surface area (Å²) in [6.45, 7) is 6.66. The van der Waals surface area contributed by atoms with Crippen molar-refractivity contribution in [1.29, 1.82) is 5.26 Å². The van der Waals surface area contributed by atoms with Crippen molar-refractivity contribution in [2.45, 2.75) is 51.0 Å². The minimum Gasteiger partial charge on any atom is -0.304 e. The third-order valence-corrected chi connectivity index (χ3v) is 5.06. The van der Waals surface area contributed by atoms with Gasteiger partial charge in [-0.15, -0.1) is 0 Å². The fourth-order valence-corrected chi connectivity index (χ4v) is 3.54. The summed E-state index contributed by atoms with van der Waals surface area (Å²) in [5.41, 5.74) is -0.148. The molecule has 1 heterocycles. The molecule has 0 aromatic heterocycles. The summed E-state index contributed by atoms with van der Waals surface area (Å²) < 4.78 is 0. The Bertz CT molecular complexity index is 301. The summed E-state index contributed by atoms with van der Waals surface area (Å²) in [5, 5.41) is 9.74. The van der Waals surface area contributed by atoms with Gasteiger partial charge < -0.3 is 4.90 Å². The summed E-state index contributed by atoms with van der Waals surface area (Å²) in [4.78, 5) is 4.85. The molecule has 2 unspecified atom stereocenters. The van der Waals surface area contributed by atoms with E-state index in [2.05, 4.69) is 29.8 Å². The number of hydrogen-bond acceptors (Lipinski definition) is 3. The monoisotopic (exact) mass is 249 g/mol. The Morgan fingerprint density at radius 1 is 1.17 bits per heavy atom. The zero-order valence-corrected chi connectivity index (χ0v) is 12.0. The normalized spacial score (nSPS) is 35.9. The van der Waals surface area contributed by atoms with Crippen molar-refractivity contribution < 1.29 is 0 Å². The molecule has 0 spiro atoms. The van der Waals surface area contributed by atoms with E-state index in [0.717, 1.165) is 44.9 Å². The number of nitriles is 1. The van der Waals surface area contributed by atoms with Gasteiger partial charge in [-0.1, -0.05) is 26.2 Å². The van der Waals surface area contributed by atoms with Gasteiger partial charge in [0.1, 0.15) is 5.54 Å². The molecule has 1 aliphatic carbocycles. The number of rotatable bonds is 2. The van der Waals surface area contributed by atoms with Crippen molar-refractivity contribution in [2.75, 3.05) is 33.2 Å². The Morgan fingerprint density at radius 2 is 1.89 bits per heavy atom. The second-order valence-corrected chi connectivity index (χ2v) is 6.14. The van der Waals surface area contributed by atoms with E-state index in [1.807, 2.05) is 0 Å². The number of likely N-dealkylation sites (N-methyl/N-ethyl adjacent to an activating group) is 1. The molecule has 0 amide bonds. The quantitative estimate of drug-likeness (QED) is 0.704. The molecule has 0 bridgehead atoms. The molecule has 0 radical (unpaired) electrons. The van der Waals surface area contributed by atoms with Crippen LogP contribution in [0.3, 0.4) is 0 Å². The Labute approximate surface area is 112 Å². The first-order valence-electron chi connectivity index (χ1n) is 7.55. The number of nitrogens with zero attached hydrogens (tertiary/aromatic N) is 3. The van der Waals surface area contributed by atoms with Gasteiger partial charge in [0.2, 0.25) is 0 Å². The van der Waals surface area contributed by atoms with Crippen molar-refractivity contribution in [3.05, 3.63) is 0 Å². The molecule has 0 aromatic rings.